The van der Waals surface area contributed by atoms with Gasteiger partial charge in [0, 0.05) is 53.8 Å². The van der Waals surface area contributed by atoms with Crippen molar-refractivity contribution in [1.82, 2.24) is 19.9 Å². The van der Waals surface area contributed by atoms with E-state index < -0.39 is 5.97 Å². The summed E-state index contributed by atoms with van der Waals surface area (Å²) in [6.07, 6.45) is 3.21. The first-order valence-electron chi connectivity index (χ1n) is 13.9. The molecule has 5 rings (SSSR count). The lowest BCUT2D eigenvalue weighted by atomic mass is 9.49. The third-order valence-electron chi connectivity index (χ3n) is 8.31. The highest BCUT2D eigenvalue weighted by molar-refractivity contribution is 6.31. The topological polar surface area (TPSA) is 131 Å². The monoisotopic (exact) mass is 591 g/mol. The molecule has 1 aliphatic carbocycles. The summed E-state index contributed by atoms with van der Waals surface area (Å²) in [5.74, 6) is -0.362. The Kier molecular flexibility index (Phi) is 8.01. The van der Waals surface area contributed by atoms with E-state index in [4.69, 9.17) is 26.2 Å². The van der Waals surface area contributed by atoms with E-state index in [9.17, 15) is 14.9 Å². The van der Waals surface area contributed by atoms with Crippen LogP contribution in [-0.4, -0.2) is 62.2 Å². The fourth-order valence-electron chi connectivity index (χ4n) is 6.90. The first-order chi connectivity index (χ1) is 19.9. The number of halogens is 1. The number of benzene rings is 2. The molecule has 11 heteroatoms. The summed E-state index contributed by atoms with van der Waals surface area (Å²) >= 11 is 6.24. The predicted molar refractivity (Wildman–Crippen MR) is 155 cm³/mol. The van der Waals surface area contributed by atoms with E-state index >= 15 is 0 Å². The molecule has 1 fully saturated rings. The molecule has 3 aromatic rings. The van der Waals surface area contributed by atoms with E-state index in [1.807, 2.05) is 29.3 Å². The van der Waals surface area contributed by atoms with Crippen molar-refractivity contribution < 1.29 is 24.2 Å². The molecule has 1 aromatic heterocycles. The molecule has 220 valence electrons. The molecule has 1 saturated carbocycles. The maximum atomic E-state index is 13.6. The Morgan fingerprint density at radius 2 is 1.93 bits per heavy atom. The van der Waals surface area contributed by atoms with Crippen LogP contribution in [-0.2, 0) is 22.6 Å². The van der Waals surface area contributed by atoms with Crippen molar-refractivity contribution in [2.75, 3.05) is 13.2 Å². The third-order valence-corrected chi connectivity index (χ3v) is 8.62. The average Bonchev–Trinajstić information content (AvgIpc) is 3.53. The van der Waals surface area contributed by atoms with Gasteiger partial charge in [-0.2, -0.15) is 5.26 Å². The summed E-state index contributed by atoms with van der Waals surface area (Å²) in [7, 11) is 0. The standard InChI is InChI=1S/C31H34ClN5O5/c1-30(2)28(31(3,4)29(30)42-22-9-7-20(15-33)24(32)14-22)37-16-21-13-19(8-10-23(21)27(37)40)25-17-36(35-34-25)11-5-6-12-41-18-26(38)39/h7-10,13-14,17,28-29H,5-6,11-12,16,18H2,1-4H3,(H,38,39). The summed E-state index contributed by atoms with van der Waals surface area (Å²) in [6, 6.07) is 12.9. The van der Waals surface area contributed by atoms with Gasteiger partial charge in [0.2, 0.25) is 0 Å². The Morgan fingerprint density at radius 1 is 1.17 bits per heavy atom. The second kappa shape index (κ2) is 11.4. The number of aryl methyl sites for hydroxylation is 1. The van der Waals surface area contributed by atoms with Crippen molar-refractivity contribution >= 4 is 23.5 Å². The number of ether oxygens (including phenoxy) is 2. The zero-order chi connectivity index (χ0) is 30.2. The van der Waals surface area contributed by atoms with E-state index in [1.165, 1.54) is 0 Å². The van der Waals surface area contributed by atoms with Crippen LogP contribution in [0.4, 0.5) is 0 Å². The molecule has 2 heterocycles. The van der Waals surface area contributed by atoms with Crippen LogP contribution in [0.25, 0.3) is 11.3 Å². The molecule has 2 aromatic carbocycles. The Hall–Kier alpha value is -3.94. The van der Waals surface area contributed by atoms with Crippen LogP contribution in [0.3, 0.4) is 0 Å². The number of amides is 1. The van der Waals surface area contributed by atoms with Gasteiger partial charge in [-0.25, -0.2) is 4.79 Å². The number of carbonyl (C=O) groups is 2. The van der Waals surface area contributed by atoms with Gasteiger partial charge in [-0.1, -0.05) is 50.6 Å². The van der Waals surface area contributed by atoms with Crippen molar-refractivity contribution in [3.8, 4) is 23.1 Å². The number of nitrogens with zero attached hydrogens (tertiary/aromatic N) is 5. The molecule has 2 aliphatic rings. The molecular weight excluding hydrogens is 558 g/mol. The van der Waals surface area contributed by atoms with E-state index in [0.29, 0.717) is 41.6 Å². The van der Waals surface area contributed by atoms with Crippen LogP contribution in [0, 0.1) is 22.2 Å². The van der Waals surface area contributed by atoms with Gasteiger partial charge in [0.25, 0.3) is 5.91 Å². The van der Waals surface area contributed by atoms with Gasteiger partial charge in [-0.3, -0.25) is 9.48 Å². The SMILES string of the molecule is CC1(C)C(Oc2ccc(C#N)c(Cl)c2)C(C)(C)C1N1Cc2cc(-c3cn(CCCCOCC(=O)O)nn3)ccc2C1=O. The molecule has 0 unspecified atom stereocenters. The zero-order valence-electron chi connectivity index (χ0n) is 24.1. The highest BCUT2D eigenvalue weighted by Crippen LogP contribution is 2.59. The first-order valence-corrected chi connectivity index (χ1v) is 14.3. The average molecular weight is 592 g/mol. The van der Waals surface area contributed by atoms with E-state index in [0.717, 1.165) is 29.7 Å². The quantitative estimate of drug-likeness (QED) is 0.301. The first kappa shape index (κ1) is 29.5. The Balaban J connectivity index is 1.25. The molecule has 1 amide bonds. The second-order valence-corrected chi connectivity index (χ2v) is 12.5. The van der Waals surface area contributed by atoms with Crippen LogP contribution < -0.4 is 4.74 Å². The molecular formula is C31H34ClN5O5. The van der Waals surface area contributed by atoms with Gasteiger partial charge < -0.3 is 19.5 Å². The van der Waals surface area contributed by atoms with E-state index in [-0.39, 0.29) is 35.5 Å². The van der Waals surface area contributed by atoms with Crippen molar-refractivity contribution in [3.63, 3.8) is 0 Å². The number of fused-ring (bicyclic) bond motifs is 1. The van der Waals surface area contributed by atoms with Gasteiger partial charge in [0.05, 0.1) is 16.8 Å². The summed E-state index contributed by atoms with van der Waals surface area (Å²) < 4.78 is 13.2. The molecule has 0 atom stereocenters. The molecule has 0 bridgehead atoms. The molecule has 1 aliphatic heterocycles. The minimum atomic E-state index is -0.973. The van der Waals surface area contributed by atoms with Crippen LogP contribution in [0.5, 0.6) is 5.75 Å². The van der Waals surface area contributed by atoms with Crippen molar-refractivity contribution in [2.45, 2.75) is 65.8 Å². The van der Waals surface area contributed by atoms with Crippen molar-refractivity contribution in [2.24, 2.45) is 10.8 Å². The minimum Gasteiger partial charge on any atom is -0.489 e. The van der Waals surface area contributed by atoms with Crippen LogP contribution in [0.15, 0.2) is 42.6 Å². The fraction of sp³-hybridized carbons (Fsp3) is 0.452. The smallest absolute Gasteiger partial charge is 0.329 e. The number of rotatable bonds is 11. The number of carboxylic acids is 1. The van der Waals surface area contributed by atoms with E-state index in [2.05, 4.69) is 44.1 Å². The van der Waals surface area contributed by atoms with Gasteiger partial charge in [0.15, 0.2) is 0 Å². The highest BCUT2D eigenvalue weighted by Gasteiger charge is 2.67. The zero-order valence-corrected chi connectivity index (χ0v) is 24.9. The number of carbonyl (C=O) groups excluding carboxylic acids is 1. The fourth-order valence-corrected chi connectivity index (χ4v) is 7.11. The second-order valence-electron chi connectivity index (χ2n) is 12.1. The number of aromatic nitrogens is 3. The Morgan fingerprint density at radius 3 is 2.62 bits per heavy atom. The van der Waals surface area contributed by atoms with E-state index in [1.54, 1.807) is 22.9 Å². The number of aliphatic carboxylic acids is 1. The maximum Gasteiger partial charge on any atom is 0.329 e. The summed E-state index contributed by atoms with van der Waals surface area (Å²) in [5.41, 5.74) is 2.99. The van der Waals surface area contributed by atoms with Crippen LogP contribution >= 0.6 is 11.6 Å². The Bertz CT molecular complexity index is 1540. The lowest BCUT2D eigenvalue weighted by Gasteiger charge is -2.65. The lowest BCUT2D eigenvalue weighted by Crippen LogP contribution is -2.74. The summed E-state index contributed by atoms with van der Waals surface area (Å²) in [5, 5.41) is 26.7. The van der Waals surface area contributed by atoms with Gasteiger partial charge in [0.1, 0.15) is 30.2 Å². The van der Waals surface area contributed by atoms with Crippen LogP contribution in [0.1, 0.15) is 62.0 Å². The predicted octanol–water partition coefficient (Wildman–Crippen LogP) is 5.19. The van der Waals surface area contributed by atoms with Crippen molar-refractivity contribution in [3.05, 3.63) is 64.3 Å². The lowest BCUT2D eigenvalue weighted by molar-refractivity contribution is -0.199. The summed E-state index contributed by atoms with van der Waals surface area (Å²) in [4.78, 5) is 26.1. The third kappa shape index (κ3) is 5.46. The van der Waals surface area contributed by atoms with Crippen molar-refractivity contribution in [1.29, 1.82) is 5.26 Å². The molecule has 0 saturated heterocycles. The number of hydrogen-bond acceptors (Lipinski definition) is 7. The van der Waals surface area contributed by atoms with Gasteiger partial charge >= 0.3 is 5.97 Å². The number of hydrogen-bond donors (Lipinski definition) is 1. The number of nitriles is 1. The largest absolute Gasteiger partial charge is 0.489 e. The van der Waals surface area contributed by atoms with Gasteiger partial charge in [-0.05, 0) is 42.7 Å². The highest BCUT2D eigenvalue weighted by atomic mass is 35.5. The molecule has 0 radical (unpaired) electrons. The maximum absolute atomic E-state index is 13.6. The molecule has 0 spiro atoms. The summed E-state index contributed by atoms with van der Waals surface area (Å²) in [6.45, 7) is 9.73. The number of carboxylic acid groups (broad SMARTS) is 1. The Labute approximate surface area is 249 Å². The molecule has 42 heavy (non-hydrogen) atoms. The number of unbranched alkanes of at least 4 members (excludes halogenated alkanes) is 1. The van der Waals surface area contributed by atoms with Crippen LogP contribution in [0.2, 0.25) is 5.02 Å². The molecule has 10 nitrogen and oxygen atoms in total. The minimum absolute atomic E-state index is 0.0105. The van der Waals surface area contributed by atoms with Gasteiger partial charge in [-0.15, -0.1) is 5.10 Å². The normalized spacial score (nSPS) is 20.1. The molecule has 1 N–H and O–H groups in total.